The fraction of sp³-hybridized carbons (Fsp3) is 0.409. The van der Waals surface area contributed by atoms with Crippen molar-refractivity contribution >= 4 is 0 Å². The molecule has 0 bridgehead atoms. The summed E-state index contributed by atoms with van der Waals surface area (Å²) >= 11 is 0. The van der Waals surface area contributed by atoms with Gasteiger partial charge in [-0.2, -0.15) is 0 Å². The first-order valence-electron chi connectivity index (χ1n) is 8.96. The van der Waals surface area contributed by atoms with Crippen LogP contribution in [0.3, 0.4) is 0 Å². The predicted molar refractivity (Wildman–Crippen MR) is 101 cm³/mol. The average molecular weight is 334 g/mol. The highest BCUT2D eigenvalue weighted by Crippen LogP contribution is 2.28. The first kappa shape index (κ1) is 17.7. The number of hydrogen-bond donors (Lipinski definition) is 1. The van der Waals surface area contributed by atoms with E-state index in [2.05, 4.69) is 46.0 Å². The number of pyridine rings is 1. The minimum absolute atomic E-state index is 0.665. The van der Waals surface area contributed by atoms with Gasteiger partial charge in [-0.1, -0.05) is 24.0 Å². The van der Waals surface area contributed by atoms with E-state index in [0.29, 0.717) is 5.92 Å². The van der Waals surface area contributed by atoms with Gasteiger partial charge in [0.2, 0.25) is 0 Å². The molecule has 0 atom stereocenters. The summed E-state index contributed by atoms with van der Waals surface area (Å²) < 4.78 is 0. The normalized spacial score (nSPS) is 16.3. The third-order valence-electron chi connectivity index (χ3n) is 4.64. The molecule has 0 spiro atoms. The minimum Gasteiger partial charge on any atom is -0.378 e. The molecule has 2 heterocycles. The van der Waals surface area contributed by atoms with Crippen molar-refractivity contribution in [1.29, 1.82) is 0 Å². The van der Waals surface area contributed by atoms with Crippen LogP contribution in [0.4, 0.5) is 0 Å². The van der Waals surface area contributed by atoms with Gasteiger partial charge in [-0.05, 0) is 81.1 Å². The van der Waals surface area contributed by atoms with Gasteiger partial charge >= 0.3 is 0 Å². The van der Waals surface area contributed by atoms with Gasteiger partial charge in [0.05, 0.1) is 0 Å². The smallest absolute Gasteiger partial charge is 0.120 e. The molecule has 1 saturated heterocycles. The number of aromatic nitrogens is 1. The van der Waals surface area contributed by atoms with Crippen LogP contribution in [0.1, 0.15) is 49.3 Å². The van der Waals surface area contributed by atoms with Crippen molar-refractivity contribution in [3.05, 3.63) is 65.5 Å². The maximum atomic E-state index is 9.67. The van der Waals surface area contributed by atoms with Gasteiger partial charge in [0.1, 0.15) is 5.60 Å². The summed E-state index contributed by atoms with van der Waals surface area (Å²) in [6, 6.07) is 12.7. The van der Waals surface area contributed by atoms with E-state index in [4.69, 9.17) is 0 Å². The van der Waals surface area contributed by atoms with Crippen LogP contribution in [0, 0.1) is 11.8 Å². The van der Waals surface area contributed by atoms with Crippen LogP contribution in [0.15, 0.2) is 48.8 Å². The molecule has 1 aromatic heterocycles. The van der Waals surface area contributed by atoms with E-state index in [9.17, 15) is 5.11 Å². The Morgan fingerprint density at radius 1 is 1.08 bits per heavy atom. The molecule has 0 saturated carbocycles. The van der Waals surface area contributed by atoms with Crippen molar-refractivity contribution in [1.82, 2.24) is 9.88 Å². The van der Waals surface area contributed by atoms with Crippen molar-refractivity contribution in [3.8, 4) is 11.8 Å². The molecular weight excluding hydrogens is 308 g/mol. The van der Waals surface area contributed by atoms with Gasteiger partial charge in [-0.25, -0.2) is 0 Å². The topological polar surface area (TPSA) is 36.4 Å². The zero-order chi connectivity index (χ0) is 17.7. The number of aliphatic hydroxyl groups is 1. The van der Waals surface area contributed by atoms with Crippen LogP contribution in [-0.4, -0.2) is 33.7 Å². The Balaban J connectivity index is 1.53. The third kappa shape index (κ3) is 5.42. The van der Waals surface area contributed by atoms with Gasteiger partial charge in [0, 0.05) is 24.5 Å². The van der Waals surface area contributed by atoms with Crippen LogP contribution in [0.5, 0.6) is 0 Å². The zero-order valence-electron chi connectivity index (χ0n) is 15.1. The van der Waals surface area contributed by atoms with E-state index >= 15 is 0 Å². The molecule has 2 aromatic rings. The second-order valence-corrected chi connectivity index (χ2v) is 7.34. The summed E-state index contributed by atoms with van der Waals surface area (Å²) in [6.07, 6.45) is 6.20. The molecule has 1 aromatic carbocycles. The maximum absolute atomic E-state index is 9.67. The molecule has 130 valence electrons. The summed E-state index contributed by atoms with van der Waals surface area (Å²) in [5.41, 5.74) is 2.74. The Kier molecular flexibility index (Phi) is 5.53. The average Bonchev–Trinajstić information content (AvgIpc) is 2.62. The third-order valence-corrected chi connectivity index (χ3v) is 4.64. The molecule has 3 nitrogen and oxygen atoms in total. The predicted octanol–water partition coefficient (Wildman–Crippen LogP) is 3.58. The Hall–Kier alpha value is -2.15. The number of benzene rings is 1. The van der Waals surface area contributed by atoms with Crippen molar-refractivity contribution in [2.75, 3.05) is 13.1 Å². The molecular formula is C22H26N2O. The first-order chi connectivity index (χ1) is 12.0. The summed E-state index contributed by atoms with van der Waals surface area (Å²) in [6.45, 7) is 6.65. The Bertz CT molecular complexity index is 728. The molecule has 25 heavy (non-hydrogen) atoms. The summed E-state index contributed by atoms with van der Waals surface area (Å²) in [5.74, 6) is 6.54. The second kappa shape index (κ2) is 7.82. The standard InChI is InChI=1S/C22H26N2O/c1-22(2,25)12-7-18-3-5-19(6-4-18)17-24-15-10-21(11-16-24)20-8-13-23-14-9-20/h3-6,8-9,13-14,21,25H,10-11,15-17H2,1-2H3. The molecule has 0 unspecified atom stereocenters. The minimum atomic E-state index is -0.947. The molecule has 0 amide bonds. The van der Waals surface area contributed by atoms with E-state index in [1.54, 1.807) is 13.8 Å². The van der Waals surface area contributed by atoms with Gasteiger partial charge < -0.3 is 5.11 Å². The van der Waals surface area contributed by atoms with Crippen LogP contribution >= 0.6 is 0 Å². The van der Waals surface area contributed by atoms with Crippen LogP contribution in [0.2, 0.25) is 0 Å². The maximum Gasteiger partial charge on any atom is 0.120 e. The fourth-order valence-electron chi connectivity index (χ4n) is 3.24. The molecule has 0 aliphatic carbocycles. The molecule has 1 aliphatic rings. The Morgan fingerprint density at radius 3 is 2.32 bits per heavy atom. The molecule has 3 rings (SSSR count). The number of rotatable bonds is 3. The number of likely N-dealkylation sites (tertiary alicyclic amines) is 1. The van der Waals surface area contributed by atoms with Crippen LogP contribution in [-0.2, 0) is 6.54 Å². The van der Waals surface area contributed by atoms with Crippen molar-refractivity contribution < 1.29 is 5.11 Å². The van der Waals surface area contributed by atoms with Crippen LogP contribution in [0.25, 0.3) is 0 Å². The number of nitrogens with zero attached hydrogens (tertiary/aromatic N) is 2. The largest absolute Gasteiger partial charge is 0.378 e. The van der Waals surface area contributed by atoms with E-state index in [1.807, 2.05) is 24.5 Å². The van der Waals surface area contributed by atoms with Crippen molar-refractivity contribution in [2.24, 2.45) is 0 Å². The molecule has 1 N–H and O–H groups in total. The quantitative estimate of drug-likeness (QED) is 0.872. The Morgan fingerprint density at radius 2 is 1.72 bits per heavy atom. The molecule has 3 heteroatoms. The lowest BCUT2D eigenvalue weighted by Gasteiger charge is -2.32. The van der Waals surface area contributed by atoms with E-state index in [-0.39, 0.29) is 0 Å². The fourth-order valence-corrected chi connectivity index (χ4v) is 3.24. The van der Waals surface area contributed by atoms with E-state index < -0.39 is 5.60 Å². The molecule has 1 fully saturated rings. The zero-order valence-corrected chi connectivity index (χ0v) is 15.1. The summed E-state index contributed by atoms with van der Waals surface area (Å²) in [7, 11) is 0. The summed E-state index contributed by atoms with van der Waals surface area (Å²) in [5, 5.41) is 9.67. The van der Waals surface area contributed by atoms with Gasteiger partial charge in [0.25, 0.3) is 0 Å². The number of hydrogen-bond acceptors (Lipinski definition) is 3. The van der Waals surface area contributed by atoms with E-state index in [1.165, 1.54) is 24.0 Å². The highest BCUT2D eigenvalue weighted by molar-refractivity contribution is 5.37. The monoisotopic (exact) mass is 334 g/mol. The SMILES string of the molecule is CC(C)(O)C#Cc1ccc(CN2CCC(c3ccncc3)CC2)cc1. The molecule has 1 aliphatic heterocycles. The lowest BCUT2D eigenvalue weighted by molar-refractivity contribution is 0.143. The van der Waals surface area contributed by atoms with Crippen LogP contribution < -0.4 is 0 Å². The lowest BCUT2D eigenvalue weighted by atomic mass is 9.90. The van der Waals surface area contributed by atoms with E-state index in [0.717, 1.165) is 25.2 Å². The highest BCUT2D eigenvalue weighted by Gasteiger charge is 2.20. The van der Waals surface area contributed by atoms with Gasteiger partial charge in [-0.3, -0.25) is 9.88 Å². The van der Waals surface area contributed by atoms with Crippen molar-refractivity contribution in [3.63, 3.8) is 0 Å². The Labute approximate surface area is 150 Å². The lowest BCUT2D eigenvalue weighted by Crippen LogP contribution is -2.32. The van der Waals surface area contributed by atoms with Gasteiger partial charge in [-0.15, -0.1) is 0 Å². The first-order valence-corrected chi connectivity index (χ1v) is 8.96. The van der Waals surface area contributed by atoms with Crippen molar-refractivity contribution in [2.45, 2.75) is 44.8 Å². The highest BCUT2D eigenvalue weighted by atomic mass is 16.3. The molecule has 0 radical (unpaired) electrons. The number of piperidine rings is 1. The van der Waals surface area contributed by atoms with Gasteiger partial charge in [0.15, 0.2) is 0 Å². The second-order valence-electron chi connectivity index (χ2n) is 7.34. The summed E-state index contributed by atoms with van der Waals surface area (Å²) in [4.78, 5) is 6.63.